The van der Waals surface area contributed by atoms with E-state index in [2.05, 4.69) is 30.4 Å². The zero-order valence-corrected chi connectivity index (χ0v) is 21.9. The summed E-state index contributed by atoms with van der Waals surface area (Å²) in [5.41, 5.74) is 2.87. The Morgan fingerprint density at radius 3 is 2.49 bits per heavy atom. The molecule has 41 heavy (non-hydrogen) atoms. The summed E-state index contributed by atoms with van der Waals surface area (Å²) in [6.45, 7) is 1.98. The Hall–Kier alpha value is -4.24. The van der Waals surface area contributed by atoms with Crippen LogP contribution in [0.3, 0.4) is 0 Å². The number of halogens is 4. The van der Waals surface area contributed by atoms with Gasteiger partial charge in [-0.15, -0.1) is 0 Å². The van der Waals surface area contributed by atoms with Crippen LogP contribution in [-0.2, 0) is 22.7 Å². The van der Waals surface area contributed by atoms with Crippen molar-refractivity contribution in [3.8, 4) is 6.07 Å². The summed E-state index contributed by atoms with van der Waals surface area (Å²) >= 11 is 0. The molecular formula is C24H23F4N7O5S. The Morgan fingerprint density at radius 1 is 1.15 bits per heavy atom. The highest BCUT2D eigenvalue weighted by atomic mass is 32.3. The van der Waals surface area contributed by atoms with Crippen molar-refractivity contribution in [2.45, 2.75) is 19.3 Å². The summed E-state index contributed by atoms with van der Waals surface area (Å²) in [5.74, 6) is -3.33. The summed E-state index contributed by atoms with van der Waals surface area (Å²) in [4.78, 5) is 21.5. The minimum Gasteiger partial charge on any atom is -0.361 e. The fraction of sp³-hybridized carbons (Fsp3) is 0.292. The van der Waals surface area contributed by atoms with Crippen molar-refractivity contribution in [1.29, 1.82) is 5.26 Å². The van der Waals surface area contributed by atoms with Crippen LogP contribution in [-0.4, -0.2) is 66.9 Å². The third-order valence-corrected chi connectivity index (χ3v) is 7.53. The number of nitrogens with zero attached hydrogens (tertiary/aromatic N) is 5. The minimum absolute atomic E-state index is 0.0710. The number of aromatic nitrogens is 2. The number of hydroxylamine groups is 1. The number of hydrogen-bond donors (Lipinski definition) is 4. The predicted molar refractivity (Wildman–Crippen MR) is 139 cm³/mol. The normalized spacial score (nSPS) is 16.5. The molecule has 1 aliphatic heterocycles. The second-order valence-electron chi connectivity index (χ2n) is 8.84. The number of hydrogen-bond acceptors (Lipinski definition) is 11. The minimum atomic E-state index is -5.31. The van der Waals surface area contributed by atoms with Gasteiger partial charge in [0.25, 0.3) is 0 Å². The third-order valence-electron chi connectivity index (χ3n) is 5.85. The first-order chi connectivity index (χ1) is 19.4. The highest BCUT2D eigenvalue weighted by molar-refractivity contribution is 8.24. The Balaban J connectivity index is 1.47. The van der Waals surface area contributed by atoms with E-state index in [1.165, 1.54) is 0 Å². The number of anilines is 1. The van der Waals surface area contributed by atoms with Crippen LogP contribution in [0.4, 0.5) is 29.1 Å². The largest absolute Gasteiger partial charge is 0.493 e. The Bertz CT molecular complexity index is 1450. The summed E-state index contributed by atoms with van der Waals surface area (Å²) in [7, 11) is -2.47. The molecule has 3 aromatic rings. The van der Waals surface area contributed by atoms with Crippen LogP contribution < -0.4 is 10.8 Å². The molecule has 1 aliphatic rings. The molecule has 2 aromatic carbocycles. The van der Waals surface area contributed by atoms with E-state index >= 15 is 0 Å². The monoisotopic (exact) mass is 597 g/mol. The Kier molecular flexibility index (Phi) is 9.08. The fourth-order valence-electron chi connectivity index (χ4n) is 3.66. The van der Waals surface area contributed by atoms with Gasteiger partial charge in [0.1, 0.15) is 11.9 Å². The number of carbonyl (C=O) groups excluding carboxylic acids is 1. The lowest BCUT2D eigenvalue weighted by Gasteiger charge is -2.41. The second-order valence-corrected chi connectivity index (χ2v) is 11.3. The van der Waals surface area contributed by atoms with Crippen LogP contribution in [0.15, 0.2) is 52.1 Å². The van der Waals surface area contributed by atoms with Crippen molar-refractivity contribution < 1.29 is 40.9 Å². The molecule has 12 nitrogen and oxygen atoms in total. The molecule has 2 heterocycles. The first-order valence-electron chi connectivity index (χ1n) is 11.9. The van der Waals surface area contributed by atoms with Crippen LogP contribution in [0.5, 0.6) is 0 Å². The van der Waals surface area contributed by atoms with Crippen molar-refractivity contribution in [2.75, 3.05) is 29.9 Å². The maximum atomic E-state index is 13.7. The van der Waals surface area contributed by atoms with Crippen LogP contribution in [0, 0.1) is 17.1 Å². The molecule has 0 atom stereocenters. The van der Waals surface area contributed by atoms with Gasteiger partial charge in [0.15, 0.2) is 11.5 Å². The zero-order valence-electron chi connectivity index (χ0n) is 21.1. The lowest BCUT2D eigenvalue weighted by Crippen LogP contribution is -2.37. The molecule has 1 fully saturated rings. The van der Waals surface area contributed by atoms with E-state index in [-0.39, 0.29) is 29.3 Å². The highest BCUT2D eigenvalue weighted by Gasteiger charge is 2.42. The summed E-state index contributed by atoms with van der Waals surface area (Å²) < 4.78 is 76.0. The van der Waals surface area contributed by atoms with Gasteiger partial charge in [-0.1, -0.05) is 24.3 Å². The van der Waals surface area contributed by atoms with Crippen molar-refractivity contribution in [1.82, 2.24) is 20.7 Å². The van der Waals surface area contributed by atoms with E-state index in [1.54, 1.807) is 11.5 Å². The van der Waals surface area contributed by atoms with Crippen LogP contribution in [0.25, 0.3) is 0 Å². The fourth-order valence-corrected chi connectivity index (χ4v) is 4.97. The van der Waals surface area contributed by atoms with Crippen molar-refractivity contribution in [3.63, 3.8) is 0 Å². The molecule has 0 saturated carbocycles. The first-order valence-corrected chi connectivity index (χ1v) is 13.7. The van der Waals surface area contributed by atoms with Gasteiger partial charge in [0.05, 0.1) is 22.8 Å². The quantitative estimate of drug-likeness (QED) is 0.135. The number of rotatable bonds is 7. The summed E-state index contributed by atoms with van der Waals surface area (Å²) in [6, 6.07) is 12.2. The van der Waals surface area contributed by atoms with Gasteiger partial charge in [-0.05, 0) is 39.6 Å². The number of benzene rings is 2. The molecule has 0 bridgehead atoms. The predicted octanol–water partition coefficient (Wildman–Crippen LogP) is 3.95. The number of nitriles is 1. The molecule has 0 aliphatic carbocycles. The van der Waals surface area contributed by atoms with Crippen molar-refractivity contribution in [3.05, 3.63) is 70.7 Å². The SMILES string of the molecule is N#Cc1cc(N=C(NOC(=O)C(F)(F)F)c2nonc2NCc2ccc(CN3CCS(O)(O)CC3)cc2)ccc1F. The lowest BCUT2D eigenvalue weighted by atomic mass is 10.1. The van der Waals surface area contributed by atoms with Gasteiger partial charge in [-0.3, -0.25) is 14.0 Å². The van der Waals surface area contributed by atoms with Crippen molar-refractivity contribution in [2.24, 2.45) is 4.99 Å². The van der Waals surface area contributed by atoms with E-state index in [0.29, 0.717) is 31.1 Å². The smallest absolute Gasteiger partial charge is 0.361 e. The first kappa shape index (κ1) is 29.7. The molecule has 0 amide bonds. The standard InChI is InChI=1S/C24H23F4N7O5S/c25-19-6-5-18(11-17(19)12-29)31-22(33-39-23(36)24(26,27)28)20-21(34-40-32-20)30-13-15-1-3-16(4-2-15)14-35-7-9-41(37,38)10-8-35/h1-6,11,37-38H,7-10,13-14H2,(H,30,34)(H,31,33). The van der Waals surface area contributed by atoms with Gasteiger partial charge in [-0.2, -0.15) is 34.5 Å². The molecule has 0 spiro atoms. The summed E-state index contributed by atoms with van der Waals surface area (Å²) in [6.07, 6.45) is -5.31. The molecule has 0 unspecified atom stereocenters. The van der Waals surface area contributed by atoms with E-state index in [4.69, 9.17) is 9.89 Å². The van der Waals surface area contributed by atoms with Crippen LogP contribution >= 0.6 is 10.6 Å². The lowest BCUT2D eigenvalue weighted by molar-refractivity contribution is -0.203. The number of aliphatic imine (C=N–C) groups is 1. The number of nitrogens with one attached hydrogen (secondary N) is 2. The number of alkyl halides is 3. The van der Waals surface area contributed by atoms with Gasteiger partial charge in [-0.25, -0.2) is 18.8 Å². The Morgan fingerprint density at radius 2 is 1.83 bits per heavy atom. The Labute approximate surface area is 231 Å². The average Bonchev–Trinajstić information content (AvgIpc) is 3.40. The molecule has 4 rings (SSSR count). The van der Waals surface area contributed by atoms with E-state index in [0.717, 1.165) is 29.3 Å². The van der Waals surface area contributed by atoms with Crippen LogP contribution in [0.2, 0.25) is 0 Å². The maximum absolute atomic E-state index is 13.7. The average molecular weight is 598 g/mol. The number of amidine groups is 1. The summed E-state index contributed by atoms with van der Waals surface area (Å²) in [5, 5.41) is 19.3. The molecular weight excluding hydrogens is 574 g/mol. The number of carbonyl (C=O) groups is 1. The topological polar surface area (TPSA) is 169 Å². The highest BCUT2D eigenvalue weighted by Crippen LogP contribution is 2.40. The van der Waals surface area contributed by atoms with E-state index in [9.17, 15) is 31.5 Å². The van der Waals surface area contributed by atoms with Gasteiger partial charge < -0.3 is 10.2 Å². The third kappa shape index (κ3) is 8.14. The molecule has 1 saturated heterocycles. The van der Waals surface area contributed by atoms with E-state index < -0.39 is 34.4 Å². The van der Waals surface area contributed by atoms with Gasteiger partial charge >= 0.3 is 12.1 Å². The molecule has 0 radical (unpaired) electrons. The molecule has 17 heteroatoms. The molecule has 4 N–H and O–H groups in total. The van der Waals surface area contributed by atoms with Crippen LogP contribution in [0.1, 0.15) is 22.4 Å². The van der Waals surface area contributed by atoms with E-state index in [1.807, 2.05) is 24.3 Å². The maximum Gasteiger partial charge on any atom is 0.493 e. The zero-order chi connectivity index (χ0) is 29.6. The second kappa shape index (κ2) is 12.5. The van der Waals surface area contributed by atoms with Crippen molar-refractivity contribution >= 4 is 33.9 Å². The molecule has 218 valence electrons. The molecule has 1 aromatic heterocycles. The van der Waals surface area contributed by atoms with Gasteiger partial charge in [0, 0.05) is 26.2 Å². The van der Waals surface area contributed by atoms with Gasteiger partial charge in [0.2, 0.25) is 5.82 Å².